The molecule has 39 heavy (non-hydrogen) atoms. The van der Waals surface area contributed by atoms with Crippen molar-refractivity contribution >= 4 is 40.0 Å². The molecule has 200 valence electrons. The maximum absolute atomic E-state index is 12.3. The second kappa shape index (κ2) is 12.0. The van der Waals surface area contributed by atoms with Gasteiger partial charge in [0.2, 0.25) is 11.9 Å². The predicted octanol–water partition coefficient (Wildman–Crippen LogP) is 4.24. The van der Waals surface area contributed by atoms with Gasteiger partial charge >= 0.3 is 0 Å². The Morgan fingerprint density at radius 2 is 1.79 bits per heavy atom. The van der Waals surface area contributed by atoms with Gasteiger partial charge in [-0.3, -0.25) is 4.79 Å². The second-order valence-corrected chi connectivity index (χ2v) is 9.99. The zero-order valence-electron chi connectivity index (χ0n) is 22.6. The molecule has 2 aromatic heterocycles. The number of fused-ring (bicyclic) bond motifs is 1. The monoisotopic (exact) mass is 522 g/mol. The van der Waals surface area contributed by atoms with E-state index in [0.29, 0.717) is 12.5 Å². The number of likely N-dealkylation sites (N-methyl/N-ethyl adjacent to an activating group) is 2. The van der Waals surface area contributed by atoms with Gasteiger partial charge in [0, 0.05) is 61.6 Å². The van der Waals surface area contributed by atoms with Crippen LogP contribution in [0.2, 0.25) is 0 Å². The predicted molar refractivity (Wildman–Crippen MR) is 159 cm³/mol. The van der Waals surface area contributed by atoms with E-state index in [1.54, 1.807) is 6.08 Å². The molecule has 0 saturated carbocycles. The second-order valence-electron chi connectivity index (χ2n) is 9.99. The fourth-order valence-electron chi connectivity index (χ4n) is 4.48. The third-order valence-electron chi connectivity index (χ3n) is 6.62. The van der Waals surface area contributed by atoms with Crippen molar-refractivity contribution < 1.29 is 4.79 Å². The highest BCUT2D eigenvalue weighted by Gasteiger charge is 2.15. The molecule has 1 aliphatic heterocycles. The van der Waals surface area contributed by atoms with Crippen LogP contribution < -0.4 is 15.5 Å². The van der Waals surface area contributed by atoms with Crippen LogP contribution in [0.5, 0.6) is 0 Å². The van der Waals surface area contributed by atoms with Crippen molar-refractivity contribution in [3.63, 3.8) is 0 Å². The van der Waals surface area contributed by atoms with E-state index in [0.717, 1.165) is 65.4 Å². The largest absolute Gasteiger partial charge is 0.354 e. The van der Waals surface area contributed by atoms with Crippen molar-refractivity contribution in [2.75, 3.05) is 69.4 Å². The quantitative estimate of drug-likeness (QED) is 0.332. The Morgan fingerprint density at radius 1 is 0.974 bits per heavy atom. The summed E-state index contributed by atoms with van der Waals surface area (Å²) in [6.07, 6.45) is 7.04. The van der Waals surface area contributed by atoms with Gasteiger partial charge in [-0.2, -0.15) is 0 Å². The number of piperazine rings is 1. The number of para-hydroxylation sites is 1. The highest BCUT2D eigenvalue weighted by molar-refractivity contribution is 6.00. The molecule has 1 saturated heterocycles. The summed E-state index contributed by atoms with van der Waals surface area (Å²) >= 11 is 0. The molecule has 0 radical (unpaired) electrons. The van der Waals surface area contributed by atoms with Crippen molar-refractivity contribution in [3.8, 4) is 11.1 Å². The first-order valence-electron chi connectivity index (χ1n) is 13.1. The fraction of sp³-hybridized carbons (Fsp3) is 0.267. The van der Waals surface area contributed by atoms with Crippen molar-refractivity contribution in [1.29, 1.82) is 0 Å². The Hall–Kier alpha value is -4.34. The third-order valence-corrected chi connectivity index (χ3v) is 6.62. The van der Waals surface area contributed by atoms with Crippen molar-refractivity contribution in [1.82, 2.24) is 24.8 Å². The summed E-state index contributed by atoms with van der Waals surface area (Å²) in [6, 6.07) is 17.9. The van der Waals surface area contributed by atoms with E-state index in [2.05, 4.69) is 37.4 Å². The fourth-order valence-corrected chi connectivity index (χ4v) is 4.48. The van der Waals surface area contributed by atoms with Gasteiger partial charge in [0.1, 0.15) is 5.82 Å². The van der Waals surface area contributed by atoms with E-state index in [-0.39, 0.29) is 5.91 Å². The van der Waals surface area contributed by atoms with Gasteiger partial charge in [0.25, 0.3) is 0 Å². The molecule has 1 fully saturated rings. The number of carbonyl (C=O) groups excluding carboxylic acids is 1. The summed E-state index contributed by atoms with van der Waals surface area (Å²) in [7, 11) is 6.07. The molecule has 2 N–H and O–H groups in total. The number of hydrogen-bond donors (Lipinski definition) is 2. The Kier molecular flexibility index (Phi) is 8.10. The van der Waals surface area contributed by atoms with E-state index in [1.807, 2.05) is 92.1 Å². The van der Waals surface area contributed by atoms with Gasteiger partial charge < -0.3 is 25.3 Å². The number of nitrogens with one attached hydrogen (secondary N) is 2. The smallest absolute Gasteiger partial charge is 0.248 e. The molecule has 4 aromatic rings. The molecule has 0 spiro atoms. The highest BCUT2D eigenvalue weighted by Crippen LogP contribution is 2.30. The minimum Gasteiger partial charge on any atom is -0.354 e. The molecule has 0 aliphatic carbocycles. The van der Waals surface area contributed by atoms with Crippen molar-refractivity contribution in [2.45, 2.75) is 0 Å². The number of carbonyl (C=O) groups is 1. The topological polar surface area (TPSA) is 89.5 Å². The van der Waals surface area contributed by atoms with Gasteiger partial charge in [-0.25, -0.2) is 15.0 Å². The minimum absolute atomic E-state index is 0.159. The molecule has 9 nitrogen and oxygen atoms in total. The Balaban J connectivity index is 1.34. The van der Waals surface area contributed by atoms with Gasteiger partial charge in [0.15, 0.2) is 0 Å². The van der Waals surface area contributed by atoms with Gasteiger partial charge in [0.05, 0.1) is 17.4 Å². The first-order valence-corrected chi connectivity index (χ1v) is 13.1. The van der Waals surface area contributed by atoms with Gasteiger partial charge in [-0.05, 0) is 51.0 Å². The summed E-state index contributed by atoms with van der Waals surface area (Å²) in [5.41, 5.74) is 4.30. The zero-order chi connectivity index (χ0) is 27.2. The first kappa shape index (κ1) is 26.3. The summed E-state index contributed by atoms with van der Waals surface area (Å²) in [6.45, 7) is 4.74. The average Bonchev–Trinajstić information content (AvgIpc) is 2.93. The van der Waals surface area contributed by atoms with Crippen LogP contribution in [-0.4, -0.2) is 84.5 Å². The molecule has 0 atom stereocenters. The number of benzene rings is 2. The molecular weight excluding hydrogens is 488 g/mol. The summed E-state index contributed by atoms with van der Waals surface area (Å²) in [4.78, 5) is 33.0. The maximum atomic E-state index is 12.3. The molecule has 1 aliphatic rings. The lowest BCUT2D eigenvalue weighted by Gasteiger charge is -2.33. The number of rotatable bonds is 8. The summed E-state index contributed by atoms with van der Waals surface area (Å²) in [5.74, 6) is 1.32. The van der Waals surface area contributed by atoms with Gasteiger partial charge in [-0.15, -0.1) is 0 Å². The minimum atomic E-state index is -0.159. The van der Waals surface area contributed by atoms with Crippen LogP contribution in [0.25, 0.3) is 22.0 Å². The SMILES string of the molecule is CN(C)C/C=C/C(=O)Nc1cccc(-c2cccc3cnc(Nc4ccc(N5CCN(C)CC5)nc4)nc23)c1. The Bertz CT molecular complexity index is 1460. The molecular formula is C30H34N8O. The standard InChI is InChI=1S/C30H34N8O/c1-36(2)14-6-11-28(39)33-24-9-4-7-22(19-24)26-10-5-8-23-20-32-30(35-29(23)26)34-25-12-13-27(31-21-25)38-17-15-37(3)16-18-38/h4-13,19-21H,14-18H2,1-3H3,(H,33,39)(H,32,34,35)/b11-6+. The highest BCUT2D eigenvalue weighted by atomic mass is 16.1. The van der Waals surface area contributed by atoms with Crippen LogP contribution in [-0.2, 0) is 4.79 Å². The number of hydrogen-bond acceptors (Lipinski definition) is 8. The van der Waals surface area contributed by atoms with Crippen LogP contribution in [0, 0.1) is 0 Å². The first-order chi connectivity index (χ1) is 18.9. The summed E-state index contributed by atoms with van der Waals surface area (Å²) < 4.78 is 0. The molecule has 0 unspecified atom stereocenters. The summed E-state index contributed by atoms with van der Waals surface area (Å²) in [5, 5.41) is 7.18. The van der Waals surface area contributed by atoms with Gasteiger partial charge in [-0.1, -0.05) is 36.4 Å². The Labute approximate surface area is 229 Å². The van der Waals surface area contributed by atoms with Crippen LogP contribution in [0.1, 0.15) is 0 Å². The molecule has 5 rings (SSSR count). The average molecular weight is 523 g/mol. The van der Waals surface area contributed by atoms with Crippen molar-refractivity contribution in [3.05, 3.63) is 79.1 Å². The molecule has 0 bridgehead atoms. The van der Waals surface area contributed by atoms with E-state index in [9.17, 15) is 4.79 Å². The van der Waals surface area contributed by atoms with Crippen molar-refractivity contribution in [2.24, 2.45) is 0 Å². The lowest BCUT2D eigenvalue weighted by Crippen LogP contribution is -2.44. The Morgan fingerprint density at radius 3 is 2.56 bits per heavy atom. The normalized spacial score (nSPS) is 14.3. The number of anilines is 4. The third kappa shape index (κ3) is 6.76. The van der Waals surface area contributed by atoms with Crippen LogP contribution in [0.4, 0.5) is 23.1 Å². The molecule has 1 amide bonds. The van der Waals surface area contributed by atoms with Crippen LogP contribution >= 0.6 is 0 Å². The number of pyridine rings is 1. The van der Waals surface area contributed by atoms with Crippen LogP contribution in [0.3, 0.4) is 0 Å². The molecule has 3 heterocycles. The number of nitrogens with zero attached hydrogens (tertiary/aromatic N) is 6. The van der Waals surface area contributed by atoms with E-state index in [1.165, 1.54) is 0 Å². The van der Waals surface area contributed by atoms with E-state index < -0.39 is 0 Å². The van der Waals surface area contributed by atoms with Crippen LogP contribution in [0.15, 0.2) is 79.1 Å². The number of aromatic nitrogens is 3. The maximum Gasteiger partial charge on any atom is 0.248 e. The zero-order valence-corrected chi connectivity index (χ0v) is 22.6. The van der Waals surface area contributed by atoms with E-state index in [4.69, 9.17) is 4.98 Å². The van der Waals surface area contributed by atoms with E-state index >= 15 is 0 Å². The lowest BCUT2D eigenvalue weighted by atomic mass is 10.0. The molecule has 2 aromatic carbocycles. The lowest BCUT2D eigenvalue weighted by molar-refractivity contribution is -0.111. The molecule has 9 heteroatoms. The number of amides is 1.